The van der Waals surface area contributed by atoms with Gasteiger partial charge in [-0.05, 0) is 57.3 Å². The number of hydrogen-bond acceptors (Lipinski definition) is 0. The summed E-state index contributed by atoms with van der Waals surface area (Å²) in [5.41, 5.74) is 5.83. The quantitative estimate of drug-likeness (QED) is 0.384. The summed E-state index contributed by atoms with van der Waals surface area (Å²) in [6, 6.07) is 13.9. The van der Waals surface area contributed by atoms with Crippen LogP contribution in [-0.2, 0) is 10.8 Å². The molecule has 0 fully saturated rings. The van der Waals surface area contributed by atoms with Gasteiger partial charge in [0, 0.05) is 0 Å². The summed E-state index contributed by atoms with van der Waals surface area (Å²) in [6.07, 6.45) is 0. The van der Waals surface area contributed by atoms with Crippen molar-refractivity contribution in [2.45, 2.75) is 66.2 Å². The topological polar surface area (TPSA) is 0 Å². The second kappa shape index (κ2) is 5.34. The predicted molar refractivity (Wildman–Crippen MR) is 108 cm³/mol. The average Bonchev–Trinajstić information content (AvgIpc) is 2.41. The highest BCUT2D eigenvalue weighted by Gasteiger charge is 2.27. The molecule has 3 aromatic carbocycles. The number of benzene rings is 3. The third kappa shape index (κ3) is 2.73. The van der Waals surface area contributed by atoms with Crippen LogP contribution in [0, 0.1) is 13.8 Å². The molecule has 0 bridgehead atoms. The van der Waals surface area contributed by atoms with E-state index in [4.69, 9.17) is 0 Å². The Morgan fingerprint density at radius 3 is 1.12 bits per heavy atom. The van der Waals surface area contributed by atoms with E-state index in [1.54, 1.807) is 0 Å². The molecule has 0 aromatic heterocycles. The van der Waals surface area contributed by atoms with Gasteiger partial charge in [0.25, 0.3) is 0 Å². The van der Waals surface area contributed by atoms with Gasteiger partial charge in [-0.3, -0.25) is 0 Å². The van der Waals surface area contributed by atoms with E-state index in [0.29, 0.717) is 0 Å². The van der Waals surface area contributed by atoms with Gasteiger partial charge in [0.1, 0.15) is 0 Å². The van der Waals surface area contributed by atoms with Crippen LogP contribution in [0.1, 0.15) is 63.8 Å². The summed E-state index contributed by atoms with van der Waals surface area (Å²) >= 11 is 0. The molecule has 0 saturated heterocycles. The zero-order valence-electron chi connectivity index (χ0n) is 16.5. The van der Waals surface area contributed by atoms with Crippen LogP contribution < -0.4 is 0 Å². The standard InChI is InChI=1S/C24H30/c1-15-9-11-17-19(13-15)21(23(3,4)5)18-12-10-16(2)14-20(18)22(17)24(6,7)8/h9-14H,1-8H3. The molecule has 0 radical (unpaired) electrons. The van der Waals surface area contributed by atoms with Gasteiger partial charge < -0.3 is 0 Å². The molecule has 0 heterocycles. The molecule has 0 unspecified atom stereocenters. The zero-order valence-corrected chi connectivity index (χ0v) is 16.5. The maximum Gasteiger partial charge on any atom is -0.0120 e. The smallest absolute Gasteiger partial charge is 0.0120 e. The first-order chi connectivity index (χ1) is 11.0. The minimum Gasteiger partial charge on any atom is -0.0587 e. The Balaban J connectivity index is 2.70. The van der Waals surface area contributed by atoms with E-state index in [-0.39, 0.29) is 10.8 Å². The van der Waals surface area contributed by atoms with Crippen LogP contribution >= 0.6 is 0 Å². The van der Waals surface area contributed by atoms with Gasteiger partial charge in [0.15, 0.2) is 0 Å². The highest BCUT2D eigenvalue weighted by atomic mass is 14.3. The molecule has 0 aliphatic rings. The first kappa shape index (κ1) is 17.0. The largest absolute Gasteiger partial charge is 0.0587 e. The van der Waals surface area contributed by atoms with Crippen molar-refractivity contribution in [3.05, 3.63) is 58.7 Å². The number of fused-ring (bicyclic) bond motifs is 2. The lowest BCUT2D eigenvalue weighted by molar-refractivity contribution is 0.593. The lowest BCUT2D eigenvalue weighted by atomic mass is 9.73. The molecule has 0 saturated carbocycles. The first-order valence-corrected chi connectivity index (χ1v) is 8.98. The minimum atomic E-state index is 0.107. The van der Waals surface area contributed by atoms with Gasteiger partial charge in [-0.25, -0.2) is 0 Å². The number of rotatable bonds is 0. The van der Waals surface area contributed by atoms with Crippen molar-refractivity contribution < 1.29 is 0 Å². The lowest BCUT2D eigenvalue weighted by Crippen LogP contribution is -2.17. The molecule has 3 aromatic rings. The summed E-state index contributed by atoms with van der Waals surface area (Å²) in [5, 5.41) is 5.67. The van der Waals surface area contributed by atoms with E-state index >= 15 is 0 Å². The maximum atomic E-state index is 2.38. The van der Waals surface area contributed by atoms with Crippen molar-refractivity contribution in [2.24, 2.45) is 0 Å². The van der Waals surface area contributed by atoms with Crippen LogP contribution in [0.3, 0.4) is 0 Å². The molecule has 0 aliphatic carbocycles. The lowest BCUT2D eigenvalue weighted by Gasteiger charge is -2.30. The number of hydrogen-bond donors (Lipinski definition) is 0. The van der Waals surface area contributed by atoms with Crippen LogP contribution in [0.5, 0.6) is 0 Å². The Kier molecular flexibility index (Phi) is 3.79. The highest BCUT2D eigenvalue weighted by molar-refractivity contribution is 6.07. The van der Waals surface area contributed by atoms with Gasteiger partial charge in [-0.2, -0.15) is 0 Å². The molecule has 0 amide bonds. The molecule has 0 atom stereocenters. The van der Waals surface area contributed by atoms with Crippen LogP contribution in [0.2, 0.25) is 0 Å². The fourth-order valence-corrected chi connectivity index (χ4v) is 4.07. The summed E-state index contributed by atoms with van der Waals surface area (Å²) in [6.45, 7) is 18.4. The highest BCUT2D eigenvalue weighted by Crippen LogP contribution is 2.43. The Morgan fingerprint density at radius 1 is 0.500 bits per heavy atom. The van der Waals surface area contributed by atoms with Crippen molar-refractivity contribution in [1.29, 1.82) is 0 Å². The predicted octanol–water partition coefficient (Wildman–Crippen LogP) is 7.20. The van der Waals surface area contributed by atoms with Crippen LogP contribution in [-0.4, -0.2) is 0 Å². The SMILES string of the molecule is Cc1ccc2c(C(C)(C)C)c3cc(C)ccc3c(C(C)(C)C)c2c1. The van der Waals surface area contributed by atoms with Gasteiger partial charge in [-0.15, -0.1) is 0 Å². The zero-order chi connectivity index (χ0) is 17.9. The van der Waals surface area contributed by atoms with E-state index in [9.17, 15) is 0 Å². The van der Waals surface area contributed by atoms with Gasteiger partial charge >= 0.3 is 0 Å². The second-order valence-electron chi connectivity index (χ2n) is 9.35. The Hall–Kier alpha value is -1.82. The average molecular weight is 319 g/mol. The Labute approximate surface area is 146 Å². The summed E-state index contributed by atoms with van der Waals surface area (Å²) < 4.78 is 0. The van der Waals surface area contributed by atoms with E-state index in [1.165, 1.54) is 43.8 Å². The molecule has 0 aliphatic heterocycles. The van der Waals surface area contributed by atoms with Crippen molar-refractivity contribution in [2.75, 3.05) is 0 Å². The molecule has 0 spiro atoms. The van der Waals surface area contributed by atoms with Gasteiger partial charge in [-0.1, -0.05) is 89.1 Å². The fraction of sp³-hybridized carbons (Fsp3) is 0.417. The van der Waals surface area contributed by atoms with Crippen molar-refractivity contribution in [3.8, 4) is 0 Å². The minimum absolute atomic E-state index is 0.107. The van der Waals surface area contributed by atoms with Gasteiger partial charge in [0.2, 0.25) is 0 Å². The molecule has 0 N–H and O–H groups in total. The van der Waals surface area contributed by atoms with E-state index in [2.05, 4.69) is 91.8 Å². The molecule has 3 rings (SSSR count). The van der Waals surface area contributed by atoms with Gasteiger partial charge in [0.05, 0.1) is 0 Å². The van der Waals surface area contributed by atoms with Crippen LogP contribution in [0.4, 0.5) is 0 Å². The van der Waals surface area contributed by atoms with E-state index < -0.39 is 0 Å². The fourth-order valence-electron chi connectivity index (χ4n) is 4.07. The third-order valence-electron chi connectivity index (χ3n) is 4.93. The monoisotopic (exact) mass is 318 g/mol. The van der Waals surface area contributed by atoms with Crippen LogP contribution in [0.15, 0.2) is 36.4 Å². The molecule has 0 nitrogen and oxygen atoms in total. The summed E-state index contributed by atoms with van der Waals surface area (Å²) in [7, 11) is 0. The molecule has 24 heavy (non-hydrogen) atoms. The third-order valence-corrected chi connectivity index (χ3v) is 4.93. The molecular weight excluding hydrogens is 288 g/mol. The van der Waals surface area contributed by atoms with Crippen molar-refractivity contribution >= 4 is 21.5 Å². The second-order valence-corrected chi connectivity index (χ2v) is 9.35. The van der Waals surface area contributed by atoms with E-state index in [1.807, 2.05) is 0 Å². The molecular formula is C24H30. The van der Waals surface area contributed by atoms with Crippen molar-refractivity contribution in [3.63, 3.8) is 0 Å². The molecule has 126 valence electrons. The normalized spacial score (nSPS) is 13.0. The van der Waals surface area contributed by atoms with Crippen LogP contribution in [0.25, 0.3) is 21.5 Å². The first-order valence-electron chi connectivity index (χ1n) is 8.98. The summed E-state index contributed by atoms with van der Waals surface area (Å²) in [5.74, 6) is 0. The Morgan fingerprint density at radius 2 is 0.833 bits per heavy atom. The Bertz CT molecular complexity index is 849. The van der Waals surface area contributed by atoms with E-state index in [0.717, 1.165) is 0 Å². The maximum absolute atomic E-state index is 2.38. The molecule has 0 heteroatoms. The number of aryl methyl sites for hydroxylation is 2. The summed E-state index contributed by atoms with van der Waals surface area (Å²) in [4.78, 5) is 0. The van der Waals surface area contributed by atoms with Crippen molar-refractivity contribution in [1.82, 2.24) is 0 Å².